The van der Waals surface area contributed by atoms with Crippen LogP contribution in [-0.4, -0.2) is 97.0 Å². The fraction of sp³-hybridized carbons (Fsp3) is 0.926. The van der Waals surface area contributed by atoms with Crippen molar-refractivity contribution in [1.29, 1.82) is 0 Å². The van der Waals surface area contributed by atoms with Crippen molar-refractivity contribution in [2.75, 3.05) is 33.9 Å². The summed E-state index contributed by atoms with van der Waals surface area (Å²) in [5, 5.41) is 23.0. The lowest BCUT2D eigenvalue weighted by Gasteiger charge is -2.68. The lowest BCUT2D eigenvalue weighted by molar-refractivity contribution is -0.277. The van der Waals surface area contributed by atoms with Gasteiger partial charge in [0.25, 0.3) is 0 Å². The van der Waals surface area contributed by atoms with Crippen molar-refractivity contribution in [3.63, 3.8) is 0 Å². The van der Waals surface area contributed by atoms with Gasteiger partial charge >= 0.3 is 11.9 Å². The first-order chi connectivity index (χ1) is 17.2. The van der Waals surface area contributed by atoms with Crippen molar-refractivity contribution >= 4 is 11.9 Å². The third kappa shape index (κ3) is 2.69. The molecule has 0 aromatic heterocycles. The summed E-state index contributed by atoms with van der Waals surface area (Å²) in [5.41, 5.74) is -1.92. The second-order valence-electron chi connectivity index (χ2n) is 12.4. The number of aliphatic hydroxyl groups is 2. The van der Waals surface area contributed by atoms with Gasteiger partial charge in [0.15, 0.2) is 0 Å². The predicted molar refractivity (Wildman–Crippen MR) is 127 cm³/mol. The number of fused-ring (bicyclic) bond motifs is 2. The highest BCUT2D eigenvalue weighted by Crippen LogP contribution is 2.79. The summed E-state index contributed by atoms with van der Waals surface area (Å²) in [6, 6.07) is -0.0691. The summed E-state index contributed by atoms with van der Waals surface area (Å²) in [6.45, 7) is 6.52. The Bertz CT molecular complexity index is 945. The van der Waals surface area contributed by atoms with Crippen molar-refractivity contribution in [2.24, 2.45) is 40.4 Å². The molecule has 202 valence electrons. The molecule has 0 unspecified atom stereocenters. The molecular formula is C27H41NO8. The SMILES string of the molecule is CCN1C[C@]2(CO)CC[C@H](O)[C@@]34[C@@H]5C[C@H]6[C@H](OC(C)=O)[C@@H]5[C@](OC(C)=O)(C[C@@H]6OC)[C@@H]([C@H](OC)[C@H]23)[C@@H]14. The van der Waals surface area contributed by atoms with Gasteiger partial charge in [-0.2, -0.15) is 0 Å². The minimum Gasteiger partial charge on any atom is -0.462 e. The van der Waals surface area contributed by atoms with Gasteiger partial charge in [0.2, 0.25) is 0 Å². The molecule has 0 amide bonds. The topological polar surface area (TPSA) is 115 Å². The summed E-state index contributed by atoms with van der Waals surface area (Å²) in [4.78, 5) is 27.6. The van der Waals surface area contributed by atoms with Crippen LogP contribution in [0.3, 0.4) is 0 Å². The fourth-order valence-corrected chi connectivity index (χ4v) is 11.1. The predicted octanol–water partition coefficient (Wildman–Crippen LogP) is 0.990. The first-order valence-electron chi connectivity index (χ1n) is 13.6. The molecule has 36 heavy (non-hydrogen) atoms. The second-order valence-corrected chi connectivity index (χ2v) is 12.4. The molecule has 1 aliphatic heterocycles. The van der Waals surface area contributed by atoms with E-state index in [0.717, 1.165) is 25.9 Å². The Morgan fingerprint density at radius 3 is 2.42 bits per heavy atom. The Balaban J connectivity index is 1.65. The summed E-state index contributed by atoms with van der Waals surface area (Å²) in [6.07, 6.45) is 0.966. The molecule has 9 nitrogen and oxygen atoms in total. The molecule has 1 heterocycles. The monoisotopic (exact) mass is 507 g/mol. The Hall–Kier alpha value is -1.26. The number of ether oxygens (including phenoxy) is 4. The lowest BCUT2D eigenvalue weighted by atomic mass is 9.43. The Labute approximate surface area is 212 Å². The molecule has 6 fully saturated rings. The molecule has 2 N–H and O–H groups in total. The van der Waals surface area contributed by atoms with Gasteiger partial charge in [-0.3, -0.25) is 14.5 Å². The molecule has 6 rings (SSSR count). The Kier molecular flexibility index (Phi) is 5.65. The minimum atomic E-state index is -0.961. The number of methoxy groups -OCH3 is 2. The average molecular weight is 508 g/mol. The number of rotatable bonds is 6. The molecule has 0 aromatic carbocycles. The van der Waals surface area contributed by atoms with E-state index in [9.17, 15) is 19.8 Å². The highest BCUT2D eigenvalue weighted by atomic mass is 16.6. The number of hydrogen-bond acceptors (Lipinski definition) is 9. The van der Waals surface area contributed by atoms with Crippen LogP contribution in [0.4, 0.5) is 0 Å². The third-order valence-electron chi connectivity index (χ3n) is 11.6. The maximum absolute atomic E-state index is 12.8. The van der Waals surface area contributed by atoms with Crippen LogP contribution in [-0.2, 0) is 28.5 Å². The summed E-state index contributed by atoms with van der Waals surface area (Å²) >= 11 is 0. The maximum Gasteiger partial charge on any atom is 0.303 e. The standard InChI is InChI=1S/C27H41NO8/c1-6-28-11-25(12-29)8-7-18(32)27-16-9-15-17(33-4)10-26(36-14(3)31,19(16)21(15)35-13(2)30)20(24(27)28)22(34-5)23(25)27/h15-24,29,32H,6-12H2,1-5H3/t15-,16-,17+,18+,19-,20+,21+,22+,23-,24-,25+,26-,27+/m1/s1. The molecule has 0 aromatic rings. The van der Waals surface area contributed by atoms with Crippen molar-refractivity contribution < 1.29 is 38.7 Å². The third-order valence-corrected chi connectivity index (χ3v) is 11.6. The highest BCUT2D eigenvalue weighted by Gasteiger charge is 2.87. The zero-order valence-corrected chi connectivity index (χ0v) is 22.0. The van der Waals surface area contributed by atoms with Crippen LogP contribution < -0.4 is 0 Å². The van der Waals surface area contributed by atoms with E-state index in [1.165, 1.54) is 13.8 Å². The zero-order valence-electron chi connectivity index (χ0n) is 22.0. The van der Waals surface area contributed by atoms with Crippen LogP contribution in [0, 0.1) is 40.4 Å². The van der Waals surface area contributed by atoms with Crippen LogP contribution in [0.5, 0.6) is 0 Å². The van der Waals surface area contributed by atoms with Crippen LogP contribution in [0.15, 0.2) is 0 Å². The lowest BCUT2D eigenvalue weighted by Crippen LogP contribution is -2.76. The smallest absolute Gasteiger partial charge is 0.303 e. The van der Waals surface area contributed by atoms with Gasteiger partial charge in [0.05, 0.1) is 24.9 Å². The first-order valence-corrected chi connectivity index (χ1v) is 13.6. The van der Waals surface area contributed by atoms with Gasteiger partial charge in [0, 0.05) is 81.6 Å². The molecule has 6 aliphatic rings. The van der Waals surface area contributed by atoms with Gasteiger partial charge in [-0.1, -0.05) is 6.92 Å². The molecule has 1 spiro atoms. The maximum atomic E-state index is 12.8. The van der Waals surface area contributed by atoms with Crippen LogP contribution in [0.25, 0.3) is 0 Å². The van der Waals surface area contributed by atoms with Crippen molar-refractivity contribution in [1.82, 2.24) is 4.90 Å². The molecule has 0 radical (unpaired) electrons. The Morgan fingerprint density at radius 1 is 1.08 bits per heavy atom. The van der Waals surface area contributed by atoms with E-state index in [2.05, 4.69) is 11.8 Å². The number of carbonyl (C=O) groups excluding carboxylic acids is 2. The Morgan fingerprint density at radius 2 is 1.83 bits per heavy atom. The van der Waals surface area contributed by atoms with Gasteiger partial charge in [-0.05, 0) is 31.7 Å². The van der Waals surface area contributed by atoms with Crippen LogP contribution >= 0.6 is 0 Å². The zero-order chi connectivity index (χ0) is 25.8. The number of piperidine rings is 1. The molecule has 9 heteroatoms. The van der Waals surface area contributed by atoms with Crippen LogP contribution in [0.1, 0.15) is 46.5 Å². The van der Waals surface area contributed by atoms with Gasteiger partial charge in [-0.15, -0.1) is 0 Å². The number of hydrogen-bond donors (Lipinski definition) is 2. The van der Waals surface area contributed by atoms with E-state index in [-0.39, 0.29) is 66.4 Å². The number of aliphatic hydroxyl groups excluding tert-OH is 2. The largest absolute Gasteiger partial charge is 0.462 e. The van der Waals surface area contributed by atoms with Crippen LogP contribution in [0.2, 0.25) is 0 Å². The molecule has 7 bridgehead atoms. The highest BCUT2D eigenvalue weighted by molar-refractivity contribution is 5.68. The summed E-state index contributed by atoms with van der Waals surface area (Å²) < 4.78 is 24.9. The van der Waals surface area contributed by atoms with E-state index < -0.39 is 28.6 Å². The normalized spacial score (nSPS) is 54.3. The van der Waals surface area contributed by atoms with Crippen molar-refractivity contribution in [3.8, 4) is 0 Å². The van der Waals surface area contributed by atoms with Crippen molar-refractivity contribution in [3.05, 3.63) is 0 Å². The van der Waals surface area contributed by atoms with Gasteiger partial charge < -0.3 is 29.2 Å². The van der Waals surface area contributed by atoms with E-state index in [4.69, 9.17) is 18.9 Å². The molecular weight excluding hydrogens is 466 g/mol. The van der Waals surface area contributed by atoms with Gasteiger partial charge in [-0.25, -0.2) is 0 Å². The molecule has 5 saturated carbocycles. The number of esters is 2. The minimum absolute atomic E-state index is 0.0252. The quantitative estimate of drug-likeness (QED) is 0.508. The van der Waals surface area contributed by atoms with Crippen molar-refractivity contribution in [2.45, 2.75) is 82.5 Å². The fourth-order valence-electron chi connectivity index (χ4n) is 11.1. The average Bonchev–Trinajstić information content (AvgIpc) is 3.26. The van der Waals surface area contributed by atoms with E-state index in [1.54, 1.807) is 14.2 Å². The second kappa shape index (κ2) is 8.12. The van der Waals surface area contributed by atoms with E-state index in [0.29, 0.717) is 12.8 Å². The summed E-state index contributed by atoms with van der Waals surface area (Å²) in [5.74, 6) is -1.41. The number of likely N-dealkylation sites (tertiary alicyclic amines) is 1. The number of nitrogens with zero attached hydrogens (tertiary/aromatic N) is 1. The molecule has 5 aliphatic carbocycles. The van der Waals surface area contributed by atoms with Gasteiger partial charge in [0.1, 0.15) is 11.7 Å². The number of carbonyl (C=O) groups is 2. The van der Waals surface area contributed by atoms with E-state index >= 15 is 0 Å². The van der Waals surface area contributed by atoms with E-state index in [1.807, 2.05) is 0 Å². The molecule has 1 saturated heterocycles. The summed E-state index contributed by atoms with van der Waals surface area (Å²) in [7, 11) is 3.38. The molecule has 13 atom stereocenters. The first kappa shape index (κ1) is 25.0.